The smallest absolute Gasteiger partial charge is 0.0271 e. The van der Waals surface area contributed by atoms with Crippen molar-refractivity contribution in [3.63, 3.8) is 0 Å². The maximum atomic E-state index is 3.54. The van der Waals surface area contributed by atoms with E-state index >= 15 is 0 Å². The van der Waals surface area contributed by atoms with Crippen molar-refractivity contribution in [1.82, 2.24) is 10.2 Å². The van der Waals surface area contributed by atoms with Gasteiger partial charge in [-0.15, -0.1) is 0 Å². The highest BCUT2D eigenvalue weighted by molar-refractivity contribution is 5.30. The lowest BCUT2D eigenvalue weighted by Crippen LogP contribution is -2.46. The number of hydrogen-bond acceptors (Lipinski definition) is 2. The lowest BCUT2D eigenvalue weighted by Gasteiger charge is -2.32. The van der Waals surface area contributed by atoms with Crippen LogP contribution in [0.4, 0.5) is 0 Å². The first-order valence-electron chi connectivity index (χ1n) is 6.27. The third-order valence-corrected chi connectivity index (χ3v) is 3.58. The van der Waals surface area contributed by atoms with Crippen molar-refractivity contribution >= 4 is 0 Å². The van der Waals surface area contributed by atoms with E-state index < -0.39 is 0 Å². The first kappa shape index (κ1) is 14.2. The summed E-state index contributed by atoms with van der Waals surface area (Å²) in [4.78, 5) is 2.25. The molecular formula is C15H26N2. The zero-order valence-corrected chi connectivity index (χ0v) is 12.1. The molecule has 0 fully saturated rings. The average molecular weight is 234 g/mol. The Morgan fingerprint density at radius 3 is 2.35 bits per heavy atom. The van der Waals surface area contributed by atoms with Gasteiger partial charge in [0.2, 0.25) is 0 Å². The number of hydrogen-bond donors (Lipinski definition) is 1. The third-order valence-electron chi connectivity index (χ3n) is 3.58. The van der Waals surface area contributed by atoms with Gasteiger partial charge in [-0.3, -0.25) is 0 Å². The van der Waals surface area contributed by atoms with E-state index in [0.29, 0.717) is 0 Å². The van der Waals surface area contributed by atoms with Gasteiger partial charge in [-0.05, 0) is 52.9 Å². The number of nitrogens with one attached hydrogen (secondary N) is 1. The molecular weight excluding hydrogens is 208 g/mol. The van der Waals surface area contributed by atoms with Gasteiger partial charge in [-0.25, -0.2) is 0 Å². The van der Waals surface area contributed by atoms with E-state index in [1.807, 2.05) is 0 Å². The molecule has 0 spiro atoms. The summed E-state index contributed by atoms with van der Waals surface area (Å²) in [5.74, 6) is 0. The van der Waals surface area contributed by atoms with Gasteiger partial charge >= 0.3 is 0 Å². The molecule has 0 amide bonds. The van der Waals surface area contributed by atoms with E-state index in [1.165, 1.54) is 16.7 Å². The van der Waals surface area contributed by atoms with Crippen molar-refractivity contribution in [3.8, 4) is 0 Å². The zero-order valence-electron chi connectivity index (χ0n) is 12.1. The number of rotatable bonds is 5. The van der Waals surface area contributed by atoms with Gasteiger partial charge in [0.15, 0.2) is 0 Å². The summed E-state index contributed by atoms with van der Waals surface area (Å²) < 4.78 is 0. The molecule has 96 valence electrons. The van der Waals surface area contributed by atoms with Gasteiger partial charge in [-0.2, -0.15) is 0 Å². The molecule has 1 aromatic carbocycles. The van der Waals surface area contributed by atoms with Gasteiger partial charge in [0.1, 0.15) is 0 Å². The van der Waals surface area contributed by atoms with Gasteiger partial charge in [0, 0.05) is 18.6 Å². The minimum absolute atomic E-state index is 0.193. The van der Waals surface area contributed by atoms with Crippen LogP contribution in [0.15, 0.2) is 18.2 Å². The van der Waals surface area contributed by atoms with Gasteiger partial charge in [-0.1, -0.05) is 23.8 Å². The first-order chi connectivity index (χ1) is 7.83. The van der Waals surface area contributed by atoms with Crippen LogP contribution in [0.2, 0.25) is 0 Å². The number of nitrogens with zero attached hydrogens (tertiary/aromatic N) is 1. The lowest BCUT2D eigenvalue weighted by molar-refractivity contribution is 0.189. The van der Waals surface area contributed by atoms with E-state index in [1.54, 1.807) is 0 Å². The van der Waals surface area contributed by atoms with Crippen LogP contribution < -0.4 is 5.32 Å². The quantitative estimate of drug-likeness (QED) is 0.843. The Balaban J connectivity index is 2.51. The van der Waals surface area contributed by atoms with Crippen molar-refractivity contribution < 1.29 is 0 Å². The van der Waals surface area contributed by atoms with Crippen molar-refractivity contribution in [1.29, 1.82) is 0 Å². The molecule has 0 atom stereocenters. The van der Waals surface area contributed by atoms with Crippen molar-refractivity contribution in [2.24, 2.45) is 0 Å². The Labute approximate surface area is 106 Å². The van der Waals surface area contributed by atoms with Crippen molar-refractivity contribution in [2.75, 3.05) is 20.6 Å². The van der Waals surface area contributed by atoms with Crippen LogP contribution in [0.1, 0.15) is 30.5 Å². The predicted octanol–water partition coefficient (Wildman–Crippen LogP) is 2.73. The van der Waals surface area contributed by atoms with Crippen molar-refractivity contribution in [2.45, 2.75) is 39.8 Å². The highest BCUT2D eigenvalue weighted by atomic mass is 15.2. The number of benzene rings is 1. The van der Waals surface area contributed by atoms with Crippen LogP contribution in [-0.2, 0) is 6.54 Å². The Hall–Kier alpha value is -0.860. The molecule has 1 rings (SSSR count). The average Bonchev–Trinajstić information content (AvgIpc) is 2.21. The second-order valence-electron chi connectivity index (χ2n) is 5.74. The van der Waals surface area contributed by atoms with E-state index in [2.05, 4.69) is 70.2 Å². The maximum Gasteiger partial charge on any atom is 0.0271 e. The summed E-state index contributed by atoms with van der Waals surface area (Å²) in [5.41, 5.74) is 4.30. The minimum Gasteiger partial charge on any atom is -0.311 e. The van der Waals surface area contributed by atoms with Crippen LogP contribution in [0.5, 0.6) is 0 Å². The molecule has 17 heavy (non-hydrogen) atoms. The first-order valence-corrected chi connectivity index (χ1v) is 6.27. The van der Waals surface area contributed by atoms with E-state index in [4.69, 9.17) is 0 Å². The Kier molecular flexibility index (Phi) is 4.72. The summed E-state index contributed by atoms with van der Waals surface area (Å²) in [6, 6.07) is 6.65. The molecule has 2 nitrogen and oxygen atoms in total. The monoisotopic (exact) mass is 234 g/mol. The molecule has 0 heterocycles. The summed E-state index contributed by atoms with van der Waals surface area (Å²) in [7, 11) is 4.25. The Bertz CT molecular complexity index is 367. The van der Waals surface area contributed by atoms with E-state index in [9.17, 15) is 0 Å². The van der Waals surface area contributed by atoms with E-state index in [0.717, 1.165) is 13.1 Å². The van der Waals surface area contributed by atoms with Crippen LogP contribution >= 0.6 is 0 Å². The molecule has 0 bridgehead atoms. The van der Waals surface area contributed by atoms with Crippen LogP contribution in [0.3, 0.4) is 0 Å². The molecule has 0 aliphatic heterocycles. The largest absolute Gasteiger partial charge is 0.311 e. The molecule has 0 saturated heterocycles. The topological polar surface area (TPSA) is 15.3 Å². The maximum absolute atomic E-state index is 3.54. The molecule has 0 aliphatic carbocycles. The molecule has 0 unspecified atom stereocenters. The number of likely N-dealkylation sites (N-methyl/N-ethyl adjacent to an activating group) is 1. The number of aryl methyl sites for hydroxylation is 2. The van der Waals surface area contributed by atoms with E-state index in [-0.39, 0.29) is 5.54 Å². The molecule has 1 aromatic rings. The fourth-order valence-corrected chi connectivity index (χ4v) is 1.71. The second-order valence-corrected chi connectivity index (χ2v) is 5.74. The predicted molar refractivity (Wildman–Crippen MR) is 75.4 cm³/mol. The fraction of sp³-hybridized carbons (Fsp3) is 0.600. The normalized spacial score (nSPS) is 12.2. The standard InChI is InChI=1S/C15H26N2/c1-12-7-8-14(13(2)9-12)10-16-11-15(3,4)17(5)6/h7-9,16H,10-11H2,1-6H3. The van der Waals surface area contributed by atoms with Gasteiger partial charge < -0.3 is 10.2 Å². The minimum atomic E-state index is 0.193. The molecule has 2 heteroatoms. The summed E-state index contributed by atoms with van der Waals surface area (Å²) in [5, 5.41) is 3.54. The molecule has 0 radical (unpaired) electrons. The van der Waals surface area contributed by atoms with Crippen LogP contribution in [0, 0.1) is 13.8 Å². The Morgan fingerprint density at radius 2 is 1.82 bits per heavy atom. The molecule has 1 N–H and O–H groups in total. The van der Waals surface area contributed by atoms with Crippen LogP contribution in [0.25, 0.3) is 0 Å². The molecule has 0 aliphatic rings. The SMILES string of the molecule is Cc1ccc(CNCC(C)(C)N(C)C)c(C)c1. The zero-order chi connectivity index (χ0) is 13.1. The van der Waals surface area contributed by atoms with Gasteiger partial charge in [0.25, 0.3) is 0 Å². The lowest BCUT2D eigenvalue weighted by atomic mass is 10.0. The second kappa shape index (κ2) is 5.65. The fourth-order valence-electron chi connectivity index (χ4n) is 1.71. The van der Waals surface area contributed by atoms with Crippen molar-refractivity contribution in [3.05, 3.63) is 34.9 Å². The highest BCUT2D eigenvalue weighted by Crippen LogP contribution is 2.12. The molecule has 0 saturated carbocycles. The summed E-state index contributed by atoms with van der Waals surface area (Å²) >= 11 is 0. The Morgan fingerprint density at radius 1 is 1.18 bits per heavy atom. The molecule has 0 aromatic heterocycles. The van der Waals surface area contributed by atoms with Crippen LogP contribution in [-0.4, -0.2) is 31.1 Å². The highest BCUT2D eigenvalue weighted by Gasteiger charge is 2.19. The summed E-state index contributed by atoms with van der Waals surface area (Å²) in [6.07, 6.45) is 0. The third kappa shape index (κ3) is 4.14. The van der Waals surface area contributed by atoms with Gasteiger partial charge in [0.05, 0.1) is 0 Å². The summed E-state index contributed by atoms with van der Waals surface area (Å²) in [6.45, 7) is 10.8.